The van der Waals surface area contributed by atoms with Crippen LogP contribution in [0.25, 0.3) is 0 Å². The molecule has 2 heteroatoms. The van der Waals surface area contributed by atoms with Gasteiger partial charge < -0.3 is 10.2 Å². The van der Waals surface area contributed by atoms with Crippen LogP contribution in [0.1, 0.15) is 40.0 Å². The third-order valence-electron chi connectivity index (χ3n) is 3.46. The Hall–Kier alpha value is -0.0800. The summed E-state index contributed by atoms with van der Waals surface area (Å²) in [6.07, 6.45) is 4.03. The third-order valence-corrected chi connectivity index (χ3v) is 3.46. The Labute approximate surface area is 89.1 Å². The number of hydrogen-bond donors (Lipinski definition) is 1. The average molecular weight is 198 g/mol. The van der Waals surface area contributed by atoms with Gasteiger partial charge >= 0.3 is 0 Å². The first-order chi connectivity index (χ1) is 6.77. The van der Waals surface area contributed by atoms with Gasteiger partial charge in [0.05, 0.1) is 0 Å². The van der Waals surface area contributed by atoms with Gasteiger partial charge in [-0.3, -0.25) is 0 Å². The fraction of sp³-hybridized carbons (Fsp3) is 1.00. The maximum atomic E-state index is 3.53. The van der Waals surface area contributed by atoms with E-state index in [0.717, 1.165) is 12.0 Å². The van der Waals surface area contributed by atoms with Crippen molar-refractivity contribution in [1.29, 1.82) is 0 Å². The second-order valence-electron chi connectivity index (χ2n) is 4.54. The molecule has 0 amide bonds. The number of nitrogens with one attached hydrogen (secondary N) is 1. The van der Waals surface area contributed by atoms with Crippen LogP contribution in [-0.2, 0) is 0 Å². The molecule has 0 bridgehead atoms. The first-order valence-electron chi connectivity index (χ1n) is 6.23. The Balaban J connectivity index is 2.24. The molecule has 1 heterocycles. The Morgan fingerprint density at radius 1 is 1.36 bits per heavy atom. The minimum atomic E-state index is 0.727. The molecule has 0 radical (unpaired) electrons. The molecule has 2 atom stereocenters. The molecule has 14 heavy (non-hydrogen) atoms. The van der Waals surface area contributed by atoms with Gasteiger partial charge in [0.15, 0.2) is 0 Å². The highest BCUT2D eigenvalue weighted by Crippen LogP contribution is 2.16. The summed E-state index contributed by atoms with van der Waals surface area (Å²) in [7, 11) is 0. The molecule has 1 rings (SSSR count). The number of nitrogens with zero attached hydrogens (tertiary/aromatic N) is 1. The van der Waals surface area contributed by atoms with Crippen LogP contribution >= 0.6 is 0 Å². The maximum Gasteiger partial charge on any atom is 0.00796 e. The van der Waals surface area contributed by atoms with Crippen molar-refractivity contribution in [2.24, 2.45) is 5.92 Å². The van der Waals surface area contributed by atoms with E-state index in [1.807, 2.05) is 0 Å². The summed E-state index contributed by atoms with van der Waals surface area (Å²) in [5, 5.41) is 3.53. The first kappa shape index (κ1) is 12.0. The zero-order valence-electron chi connectivity index (χ0n) is 10.1. The molecule has 0 aromatic carbocycles. The molecule has 0 saturated carbocycles. The Morgan fingerprint density at radius 3 is 2.64 bits per heavy atom. The van der Waals surface area contributed by atoms with Gasteiger partial charge in [-0.1, -0.05) is 20.3 Å². The van der Waals surface area contributed by atoms with E-state index in [1.165, 1.54) is 45.4 Å². The van der Waals surface area contributed by atoms with Gasteiger partial charge in [-0.05, 0) is 45.3 Å². The lowest BCUT2D eigenvalue weighted by Gasteiger charge is -2.25. The fourth-order valence-electron chi connectivity index (χ4n) is 2.25. The summed E-state index contributed by atoms with van der Waals surface area (Å²) in [5.74, 6) is 0.881. The highest BCUT2D eigenvalue weighted by atomic mass is 15.1. The van der Waals surface area contributed by atoms with E-state index in [0.29, 0.717) is 0 Å². The summed E-state index contributed by atoms with van der Waals surface area (Å²) in [4.78, 5) is 2.61. The Morgan fingerprint density at radius 2 is 2.14 bits per heavy atom. The minimum Gasteiger partial charge on any atom is -0.314 e. The van der Waals surface area contributed by atoms with E-state index in [9.17, 15) is 0 Å². The van der Waals surface area contributed by atoms with Crippen molar-refractivity contribution in [3.8, 4) is 0 Å². The first-order valence-corrected chi connectivity index (χ1v) is 6.23. The quantitative estimate of drug-likeness (QED) is 0.703. The molecule has 1 aliphatic rings. The van der Waals surface area contributed by atoms with Crippen LogP contribution in [0.2, 0.25) is 0 Å². The molecule has 1 saturated heterocycles. The van der Waals surface area contributed by atoms with Gasteiger partial charge in [-0.25, -0.2) is 0 Å². The molecular weight excluding hydrogens is 172 g/mol. The molecule has 0 aromatic heterocycles. The summed E-state index contributed by atoms with van der Waals surface area (Å²) < 4.78 is 0. The standard InChI is InChI=1S/C12H26N2/c1-4-6-9-14(5-2)10-12-7-8-13-11(12)3/h11-13H,4-10H2,1-3H3. The van der Waals surface area contributed by atoms with Crippen LogP contribution < -0.4 is 5.32 Å². The van der Waals surface area contributed by atoms with E-state index in [1.54, 1.807) is 0 Å². The molecule has 1 aliphatic heterocycles. The molecule has 0 aliphatic carbocycles. The predicted octanol–water partition coefficient (Wildman–Crippen LogP) is 2.11. The summed E-state index contributed by atoms with van der Waals surface area (Å²) in [6.45, 7) is 11.9. The van der Waals surface area contributed by atoms with Gasteiger partial charge in [0.1, 0.15) is 0 Å². The lowest BCUT2D eigenvalue weighted by molar-refractivity contribution is 0.230. The van der Waals surface area contributed by atoms with Gasteiger partial charge in [0, 0.05) is 12.6 Å². The lowest BCUT2D eigenvalue weighted by atomic mass is 10.0. The van der Waals surface area contributed by atoms with E-state index < -0.39 is 0 Å². The number of rotatable bonds is 6. The van der Waals surface area contributed by atoms with Crippen LogP contribution in [0.4, 0.5) is 0 Å². The van der Waals surface area contributed by atoms with Crippen molar-refractivity contribution in [1.82, 2.24) is 10.2 Å². The number of hydrogen-bond acceptors (Lipinski definition) is 2. The topological polar surface area (TPSA) is 15.3 Å². The molecule has 0 spiro atoms. The smallest absolute Gasteiger partial charge is 0.00796 e. The Kier molecular flexibility index (Phi) is 5.49. The van der Waals surface area contributed by atoms with Crippen molar-refractivity contribution < 1.29 is 0 Å². The minimum absolute atomic E-state index is 0.727. The highest BCUT2D eigenvalue weighted by Gasteiger charge is 2.23. The average Bonchev–Trinajstić information content (AvgIpc) is 2.59. The normalized spacial score (nSPS) is 27.4. The number of unbranched alkanes of at least 4 members (excludes halogenated alkanes) is 1. The van der Waals surface area contributed by atoms with Gasteiger partial charge in [-0.2, -0.15) is 0 Å². The van der Waals surface area contributed by atoms with Crippen LogP contribution in [0.15, 0.2) is 0 Å². The monoisotopic (exact) mass is 198 g/mol. The lowest BCUT2D eigenvalue weighted by Crippen LogP contribution is -2.35. The molecule has 1 fully saturated rings. The van der Waals surface area contributed by atoms with Gasteiger partial charge in [-0.15, -0.1) is 0 Å². The molecule has 1 N–H and O–H groups in total. The fourth-order valence-corrected chi connectivity index (χ4v) is 2.25. The van der Waals surface area contributed by atoms with Crippen molar-refractivity contribution >= 4 is 0 Å². The van der Waals surface area contributed by atoms with Crippen LogP contribution in [0.5, 0.6) is 0 Å². The Bertz CT molecular complexity index is 147. The largest absolute Gasteiger partial charge is 0.314 e. The van der Waals surface area contributed by atoms with Crippen LogP contribution in [-0.4, -0.2) is 37.1 Å². The van der Waals surface area contributed by atoms with Gasteiger partial charge in [0.25, 0.3) is 0 Å². The second kappa shape index (κ2) is 6.41. The predicted molar refractivity (Wildman–Crippen MR) is 62.6 cm³/mol. The second-order valence-corrected chi connectivity index (χ2v) is 4.54. The zero-order valence-corrected chi connectivity index (χ0v) is 10.1. The van der Waals surface area contributed by atoms with Crippen molar-refractivity contribution in [3.63, 3.8) is 0 Å². The summed E-state index contributed by atoms with van der Waals surface area (Å²) in [6, 6.07) is 0.727. The van der Waals surface area contributed by atoms with E-state index in [2.05, 4.69) is 31.0 Å². The van der Waals surface area contributed by atoms with Crippen LogP contribution in [0.3, 0.4) is 0 Å². The molecule has 2 nitrogen and oxygen atoms in total. The molecular formula is C12H26N2. The summed E-state index contributed by atoms with van der Waals surface area (Å²) in [5.41, 5.74) is 0. The van der Waals surface area contributed by atoms with Crippen LogP contribution in [0, 0.1) is 5.92 Å². The van der Waals surface area contributed by atoms with Crippen molar-refractivity contribution in [2.45, 2.75) is 46.1 Å². The SMILES string of the molecule is CCCCN(CC)CC1CCNC1C. The third kappa shape index (κ3) is 3.58. The molecule has 0 aromatic rings. The van der Waals surface area contributed by atoms with Gasteiger partial charge in [0.2, 0.25) is 0 Å². The highest BCUT2D eigenvalue weighted by molar-refractivity contribution is 4.82. The van der Waals surface area contributed by atoms with Crippen molar-refractivity contribution in [2.75, 3.05) is 26.2 Å². The molecule has 84 valence electrons. The van der Waals surface area contributed by atoms with Crippen molar-refractivity contribution in [3.05, 3.63) is 0 Å². The van der Waals surface area contributed by atoms with E-state index >= 15 is 0 Å². The van der Waals surface area contributed by atoms with E-state index in [-0.39, 0.29) is 0 Å². The maximum absolute atomic E-state index is 3.53. The zero-order chi connectivity index (χ0) is 10.4. The molecule has 2 unspecified atom stereocenters. The summed E-state index contributed by atoms with van der Waals surface area (Å²) >= 11 is 0. The van der Waals surface area contributed by atoms with E-state index in [4.69, 9.17) is 0 Å².